The van der Waals surface area contributed by atoms with Crippen molar-refractivity contribution in [3.63, 3.8) is 0 Å². The maximum absolute atomic E-state index is 8.92. The minimum absolute atomic E-state index is 0.329. The SMILES string of the molecule is N#Cc1ccc(Nc2cc(Br)ncn2)cc1C#N. The Morgan fingerprint density at radius 1 is 1.06 bits per heavy atom. The Morgan fingerprint density at radius 3 is 2.50 bits per heavy atom. The third-order valence-corrected chi connectivity index (χ3v) is 2.60. The molecule has 0 spiro atoms. The zero-order valence-corrected chi connectivity index (χ0v) is 10.6. The molecule has 0 aliphatic carbocycles. The molecule has 18 heavy (non-hydrogen) atoms. The van der Waals surface area contributed by atoms with E-state index in [4.69, 9.17) is 10.5 Å². The van der Waals surface area contributed by atoms with Gasteiger partial charge >= 0.3 is 0 Å². The second-order valence-corrected chi connectivity index (χ2v) is 4.15. The third kappa shape index (κ3) is 2.62. The molecule has 0 bridgehead atoms. The van der Waals surface area contributed by atoms with Crippen molar-refractivity contribution < 1.29 is 0 Å². The molecule has 0 aliphatic rings. The summed E-state index contributed by atoms with van der Waals surface area (Å²) < 4.78 is 0.661. The molecular weight excluding hydrogens is 294 g/mol. The van der Waals surface area contributed by atoms with Gasteiger partial charge in [-0.05, 0) is 34.1 Å². The summed E-state index contributed by atoms with van der Waals surface area (Å²) in [6.07, 6.45) is 1.42. The fourth-order valence-electron chi connectivity index (χ4n) is 1.36. The van der Waals surface area contributed by atoms with Gasteiger partial charge in [0.2, 0.25) is 0 Å². The first kappa shape index (κ1) is 12.0. The van der Waals surface area contributed by atoms with E-state index in [9.17, 15) is 0 Å². The van der Waals surface area contributed by atoms with Gasteiger partial charge in [0.05, 0.1) is 11.1 Å². The Balaban J connectivity index is 2.31. The molecule has 2 aromatic rings. The fraction of sp³-hybridized carbons (Fsp3) is 0. The Bertz CT molecular complexity index is 669. The van der Waals surface area contributed by atoms with Crippen LogP contribution in [0.5, 0.6) is 0 Å². The van der Waals surface area contributed by atoms with E-state index in [0.29, 0.717) is 27.2 Å². The molecule has 86 valence electrons. The summed E-state index contributed by atoms with van der Waals surface area (Å²) in [6, 6.07) is 10.6. The van der Waals surface area contributed by atoms with Gasteiger partial charge < -0.3 is 5.32 Å². The van der Waals surface area contributed by atoms with E-state index in [2.05, 4.69) is 31.2 Å². The number of nitriles is 2. The van der Waals surface area contributed by atoms with E-state index < -0.39 is 0 Å². The Morgan fingerprint density at radius 2 is 1.83 bits per heavy atom. The number of hydrogen-bond acceptors (Lipinski definition) is 5. The number of aromatic nitrogens is 2. The Kier molecular flexibility index (Phi) is 3.52. The van der Waals surface area contributed by atoms with Gasteiger partial charge in [0.1, 0.15) is 28.9 Å². The molecule has 1 aromatic heterocycles. The average Bonchev–Trinajstić information content (AvgIpc) is 2.38. The Hall–Kier alpha value is -2.44. The van der Waals surface area contributed by atoms with E-state index in [1.54, 1.807) is 24.3 Å². The highest BCUT2D eigenvalue weighted by Gasteiger charge is 2.03. The number of halogens is 1. The molecule has 0 radical (unpaired) electrons. The number of nitrogens with one attached hydrogen (secondary N) is 1. The van der Waals surface area contributed by atoms with Gasteiger partial charge in [-0.2, -0.15) is 10.5 Å². The molecule has 5 nitrogen and oxygen atoms in total. The minimum atomic E-state index is 0.329. The molecule has 2 rings (SSSR count). The molecule has 0 unspecified atom stereocenters. The van der Waals surface area contributed by atoms with Gasteiger partial charge in [-0.1, -0.05) is 0 Å². The van der Waals surface area contributed by atoms with Crippen molar-refractivity contribution in [3.05, 3.63) is 46.3 Å². The second kappa shape index (κ2) is 5.26. The van der Waals surface area contributed by atoms with Gasteiger partial charge in [-0.25, -0.2) is 9.97 Å². The summed E-state index contributed by atoms with van der Waals surface area (Å²) in [5.74, 6) is 0.602. The zero-order chi connectivity index (χ0) is 13.0. The Labute approximate surface area is 112 Å². The first-order valence-electron chi connectivity index (χ1n) is 4.92. The van der Waals surface area contributed by atoms with Crippen LogP contribution in [0.3, 0.4) is 0 Å². The predicted molar refractivity (Wildman–Crippen MR) is 68.9 cm³/mol. The summed E-state index contributed by atoms with van der Waals surface area (Å²) in [7, 11) is 0. The molecule has 6 heteroatoms. The lowest BCUT2D eigenvalue weighted by Gasteiger charge is -2.06. The van der Waals surface area contributed by atoms with Gasteiger partial charge in [0.15, 0.2) is 0 Å². The average molecular weight is 300 g/mol. The highest BCUT2D eigenvalue weighted by Crippen LogP contribution is 2.19. The molecule has 0 atom stereocenters. The van der Waals surface area contributed by atoms with Gasteiger partial charge in [0, 0.05) is 11.8 Å². The highest BCUT2D eigenvalue weighted by molar-refractivity contribution is 9.10. The normalized spacial score (nSPS) is 9.28. The molecular formula is C12H6BrN5. The second-order valence-electron chi connectivity index (χ2n) is 3.33. The summed E-state index contributed by atoms with van der Waals surface area (Å²) in [4.78, 5) is 7.95. The van der Waals surface area contributed by atoms with E-state index in [1.807, 2.05) is 12.1 Å². The molecule has 0 aliphatic heterocycles. The number of hydrogen-bond donors (Lipinski definition) is 1. The smallest absolute Gasteiger partial charge is 0.134 e. The maximum atomic E-state index is 8.92. The standard InChI is InChI=1S/C12H6BrN5/c13-11-4-12(17-7-16-11)18-10-2-1-8(5-14)9(3-10)6-15/h1-4,7H,(H,16,17,18). The van der Waals surface area contributed by atoms with Crippen LogP contribution in [-0.4, -0.2) is 9.97 Å². The summed E-state index contributed by atoms with van der Waals surface area (Å²) in [5, 5.41) is 20.8. The van der Waals surface area contributed by atoms with Crippen LogP contribution in [-0.2, 0) is 0 Å². The zero-order valence-electron chi connectivity index (χ0n) is 9.05. The molecule has 1 heterocycles. The maximum Gasteiger partial charge on any atom is 0.134 e. The summed E-state index contributed by atoms with van der Waals surface area (Å²) >= 11 is 3.24. The van der Waals surface area contributed by atoms with Crippen LogP contribution in [0.25, 0.3) is 0 Å². The molecule has 0 saturated heterocycles. The van der Waals surface area contributed by atoms with Crippen molar-refractivity contribution >= 4 is 27.4 Å². The number of benzene rings is 1. The first-order chi connectivity index (χ1) is 8.72. The van der Waals surface area contributed by atoms with Crippen molar-refractivity contribution in [2.75, 3.05) is 5.32 Å². The van der Waals surface area contributed by atoms with Crippen LogP contribution in [0.1, 0.15) is 11.1 Å². The lowest BCUT2D eigenvalue weighted by molar-refractivity contribution is 1.14. The van der Waals surface area contributed by atoms with Crippen LogP contribution in [0.15, 0.2) is 35.2 Å². The quantitative estimate of drug-likeness (QED) is 0.862. The number of anilines is 2. The van der Waals surface area contributed by atoms with Gasteiger partial charge in [-0.15, -0.1) is 0 Å². The van der Waals surface area contributed by atoms with Crippen LogP contribution < -0.4 is 5.32 Å². The van der Waals surface area contributed by atoms with Crippen molar-refractivity contribution in [3.8, 4) is 12.1 Å². The summed E-state index contributed by atoms with van der Waals surface area (Å²) in [6.45, 7) is 0. The van der Waals surface area contributed by atoms with Crippen molar-refractivity contribution in [2.45, 2.75) is 0 Å². The van der Waals surface area contributed by atoms with E-state index >= 15 is 0 Å². The van der Waals surface area contributed by atoms with Crippen molar-refractivity contribution in [1.82, 2.24) is 9.97 Å². The predicted octanol–water partition coefficient (Wildman–Crippen LogP) is 2.73. The number of rotatable bonds is 2. The fourth-order valence-corrected chi connectivity index (χ4v) is 1.67. The lowest BCUT2D eigenvalue weighted by atomic mass is 10.1. The van der Waals surface area contributed by atoms with Crippen molar-refractivity contribution in [1.29, 1.82) is 10.5 Å². The highest BCUT2D eigenvalue weighted by atomic mass is 79.9. The van der Waals surface area contributed by atoms with Crippen LogP contribution >= 0.6 is 15.9 Å². The molecule has 1 N–H and O–H groups in total. The topological polar surface area (TPSA) is 85.4 Å². The third-order valence-electron chi connectivity index (χ3n) is 2.17. The van der Waals surface area contributed by atoms with Crippen LogP contribution in [0.2, 0.25) is 0 Å². The number of nitrogens with zero attached hydrogens (tertiary/aromatic N) is 4. The van der Waals surface area contributed by atoms with E-state index in [-0.39, 0.29) is 0 Å². The van der Waals surface area contributed by atoms with Crippen LogP contribution in [0, 0.1) is 22.7 Å². The van der Waals surface area contributed by atoms with E-state index in [1.165, 1.54) is 6.33 Å². The van der Waals surface area contributed by atoms with Crippen LogP contribution in [0.4, 0.5) is 11.5 Å². The van der Waals surface area contributed by atoms with Gasteiger partial charge in [0.25, 0.3) is 0 Å². The van der Waals surface area contributed by atoms with Gasteiger partial charge in [-0.3, -0.25) is 0 Å². The molecule has 0 fully saturated rings. The largest absolute Gasteiger partial charge is 0.340 e. The lowest BCUT2D eigenvalue weighted by Crippen LogP contribution is -1.95. The summed E-state index contributed by atoms with van der Waals surface area (Å²) in [5.41, 5.74) is 1.37. The molecule has 0 amide bonds. The molecule has 1 aromatic carbocycles. The minimum Gasteiger partial charge on any atom is -0.340 e. The van der Waals surface area contributed by atoms with E-state index in [0.717, 1.165) is 0 Å². The first-order valence-corrected chi connectivity index (χ1v) is 5.71. The molecule has 0 saturated carbocycles. The monoisotopic (exact) mass is 299 g/mol. The van der Waals surface area contributed by atoms with Crippen molar-refractivity contribution in [2.24, 2.45) is 0 Å².